The van der Waals surface area contributed by atoms with Crippen LogP contribution in [-0.2, 0) is 0 Å². The molecule has 0 radical (unpaired) electrons. The normalized spacial score (nSPS) is 14.4. The Hall–Kier alpha value is -1.66. The molecule has 0 aromatic heterocycles. The molecule has 0 amide bonds. The third-order valence-electron chi connectivity index (χ3n) is 3.54. The number of carbonyl (C=O) groups is 1. The van der Waals surface area contributed by atoms with Gasteiger partial charge in [-0.1, -0.05) is 25.5 Å². The lowest BCUT2D eigenvalue weighted by Crippen LogP contribution is -2.32. The van der Waals surface area contributed by atoms with Gasteiger partial charge in [-0.2, -0.15) is 5.26 Å². The van der Waals surface area contributed by atoms with Crippen molar-refractivity contribution in [2.75, 3.05) is 13.1 Å². The average Bonchev–Trinajstić information content (AvgIpc) is 3.28. The van der Waals surface area contributed by atoms with E-state index in [1.165, 1.54) is 12.8 Å². The molecule has 2 rings (SSSR count). The maximum atomic E-state index is 12.2. The van der Waals surface area contributed by atoms with Crippen LogP contribution in [0.4, 0.5) is 0 Å². The molecule has 19 heavy (non-hydrogen) atoms. The Balaban J connectivity index is 1.95. The van der Waals surface area contributed by atoms with Gasteiger partial charge in [0.1, 0.15) is 0 Å². The van der Waals surface area contributed by atoms with Gasteiger partial charge >= 0.3 is 0 Å². The number of carbonyl (C=O) groups excluding carboxylic acids is 1. The summed E-state index contributed by atoms with van der Waals surface area (Å²) in [6.07, 6.45) is 4.76. The molecule has 100 valence electrons. The van der Waals surface area contributed by atoms with Crippen LogP contribution in [0.3, 0.4) is 0 Å². The molecule has 0 aliphatic heterocycles. The Labute approximate surface area is 114 Å². The minimum atomic E-state index is 0.160. The highest BCUT2D eigenvalue weighted by Crippen LogP contribution is 2.27. The summed E-state index contributed by atoms with van der Waals surface area (Å²) < 4.78 is 0. The summed E-state index contributed by atoms with van der Waals surface area (Å²) in [4.78, 5) is 14.5. The maximum Gasteiger partial charge on any atom is 0.176 e. The van der Waals surface area contributed by atoms with Crippen LogP contribution in [0, 0.1) is 11.3 Å². The van der Waals surface area contributed by atoms with E-state index in [4.69, 9.17) is 5.26 Å². The predicted molar refractivity (Wildman–Crippen MR) is 75.0 cm³/mol. The summed E-state index contributed by atoms with van der Waals surface area (Å²) in [6, 6.07) is 9.62. The Morgan fingerprint density at radius 1 is 1.37 bits per heavy atom. The lowest BCUT2D eigenvalue weighted by atomic mass is 10.1. The van der Waals surface area contributed by atoms with Gasteiger partial charge in [-0.25, -0.2) is 0 Å². The van der Waals surface area contributed by atoms with Gasteiger partial charge in [0.25, 0.3) is 0 Å². The second-order valence-electron chi connectivity index (χ2n) is 5.17. The van der Waals surface area contributed by atoms with Gasteiger partial charge in [-0.15, -0.1) is 0 Å². The second-order valence-corrected chi connectivity index (χ2v) is 5.17. The SMILES string of the molecule is CCCCN(CC(=O)c1ccc(C#N)cc1)C1CC1. The van der Waals surface area contributed by atoms with Crippen molar-refractivity contribution in [1.29, 1.82) is 5.26 Å². The number of nitriles is 1. The molecule has 3 heteroatoms. The summed E-state index contributed by atoms with van der Waals surface area (Å²) in [5.41, 5.74) is 1.31. The molecule has 0 unspecified atom stereocenters. The van der Waals surface area contributed by atoms with Crippen LogP contribution in [0.1, 0.15) is 48.5 Å². The number of hydrogen-bond acceptors (Lipinski definition) is 3. The summed E-state index contributed by atoms with van der Waals surface area (Å²) in [5.74, 6) is 0.160. The first kappa shape index (κ1) is 13.8. The van der Waals surface area contributed by atoms with E-state index in [9.17, 15) is 4.79 Å². The molecule has 3 nitrogen and oxygen atoms in total. The lowest BCUT2D eigenvalue weighted by molar-refractivity contribution is 0.0923. The minimum absolute atomic E-state index is 0.160. The highest BCUT2D eigenvalue weighted by Gasteiger charge is 2.29. The summed E-state index contributed by atoms with van der Waals surface area (Å²) in [7, 11) is 0. The number of unbranched alkanes of at least 4 members (excludes halogenated alkanes) is 1. The van der Waals surface area contributed by atoms with Gasteiger partial charge in [0.05, 0.1) is 18.2 Å². The van der Waals surface area contributed by atoms with Crippen LogP contribution in [0.25, 0.3) is 0 Å². The molecule has 0 atom stereocenters. The quantitative estimate of drug-likeness (QED) is 0.704. The maximum absolute atomic E-state index is 12.2. The van der Waals surface area contributed by atoms with E-state index >= 15 is 0 Å². The first-order chi connectivity index (χ1) is 9.24. The number of ketones is 1. The molecular formula is C16H20N2O. The number of hydrogen-bond donors (Lipinski definition) is 0. The second kappa shape index (κ2) is 6.49. The number of benzene rings is 1. The van der Waals surface area contributed by atoms with Crippen molar-refractivity contribution in [3.05, 3.63) is 35.4 Å². The Morgan fingerprint density at radius 3 is 2.58 bits per heavy atom. The van der Waals surface area contributed by atoms with E-state index in [-0.39, 0.29) is 5.78 Å². The topological polar surface area (TPSA) is 44.1 Å². The van der Waals surface area contributed by atoms with Gasteiger partial charge in [0, 0.05) is 11.6 Å². The van der Waals surface area contributed by atoms with Crippen molar-refractivity contribution in [3.8, 4) is 6.07 Å². The zero-order valence-electron chi connectivity index (χ0n) is 11.4. The van der Waals surface area contributed by atoms with E-state index in [2.05, 4.69) is 17.9 Å². The number of Topliss-reactive ketones (excluding diaryl/α,β-unsaturated/α-hetero) is 1. The van der Waals surface area contributed by atoms with Crippen molar-refractivity contribution in [1.82, 2.24) is 4.90 Å². The molecular weight excluding hydrogens is 236 g/mol. The van der Waals surface area contributed by atoms with Gasteiger partial charge in [-0.3, -0.25) is 9.69 Å². The van der Waals surface area contributed by atoms with E-state index < -0.39 is 0 Å². The Morgan fingerprint density at radius 2 is 2.05 bits per heavy atom. The number of nitrogens with zero attached hydrogens (tertiary/aromatic N) is 2. The van der Waals surface area contributed by atoms with Crippen molar-refractivity contribution < 1.29 is 4.79 Å². The first-order valence-electron chi connectivity index (χ1n) is 7.02. The van der Waals surface area contributed by atoms with Crippen molar-refractivity contribution >= 4 is 5.78 Å². The molecule has 1 aliphatic rings. The smallest absolute Gasteiger partial charge is 0.176 e. The number of rotatable bonds is 7. The third kappa shape index (κ3) is 3.90. The van der Waals surface area contributed by atoms with Crippen LogP contribution in [0.5, 0.6) is 0 Å². The fourth-order valence-corrected chi connectivity index (χ4v) is 2.20. The van der Waals surface area contributed by atoms with E-state index in [1.54, 1.807) is 24.3 Å². The molecule has 0 saturated heterocycles. The fourth-order valence-electron chi connectivity index (χ4n) is 2.20. The molecule has 1 saturated carbocycles. The van der Waals surface area contributed by atoms with E-state index in [0.29, 0.717) is 23.7 Å². The predicted octanol–water partition coefficient (Wildman–Crippen LogP) is 3.01. The van der Waals surface area contributed by atoms with Crippen LogP contribution in [0.15, 0.2) is 24.3 Å². The summed E-state index contributed by atoms with van der Waals surface area (Å²) in [5, 5.41) is 8.75. The van der Waals surface area contributed by atoms with Crippen LogP contribution < -0.4 is 0 Å². The summed E-state index contributed by atoms with van der Waals surface area (Å²) in [6.45, 7) is 3.70. The van der Waals surface area contributed by atoms with Crippen LogP contribution in [-0.4, -0.2) is 29.8 Å². The molecule has 0 N–H and O–H groups in total. The molecule has 0 spiro atoms. The average molecular weight is 256 g/mol. The van der Waals surface area contributed by atoms with Gasteiger partial charge in [-0.05, 0) is 37.9 Å². The largest absolute Gasteiger partial charge is 0.293 e. The van der Waals surface area contributed by atoms with Crippen LogP contribution >= 0.6 is 0 Å². The Bertz CT molecular complexity index is 469. The minimum Gasteiger partial charge on any atom is -0.293 e. The standard InChI is InChI=1S/C16H20N2O/c1-2-3-10-18(15-8-9-15)12-16(19)14-6-4-13(11-17)5-7-14/h4-7,15H,2-3,8-10,12H2,1H3. The molecule has 0 heterocycles. The molecule has 1 aromatic rings. The van der Waals surface area contributed by atoms with E-state index in [0.717, 1.165) is 19.4 Å². The van der Waals surface area contributed by atoms with Crippen molar-refractivity contribution in [2.45, 2.75) is 38.6 Å². The van der Waals surface area contributed by atoms with Gasteiger partial charge in [0.15, 0.2) is 5.78 Å². The third-order valence-corrected chi connectivity index (χ3v) is 3.54. The molecule has 1 aliphatic carbocycles. The fraction of sp³-hybridized carbons (Fsp3) is 0.500. The zero-order chi connectivity index (χ0) is 13.7. The zero-order valence-corrected chi connectivity index (χ0v) is 11.4. The Kier molecular flexibility index (Phi) is 4.70. The molecule has 1 fully saturated rings. The molecule has 0 bridgehead atoms. The highest BCUT2D eigenvalue weighted by molar-refractivity contribution is 5.97. The van der Waals surface area contributed by atoms with Gasteiger partial charge in [0.2, 0.25) is 0 Å². The molecule has 1 aromatic carbocycles. The van der Waals surface area contributed by atoms with Crippen LogP contribution in [0.2, 0.25) is 0 Å². The lowest BCUT2D eigenvalue weighted by Gasteiger charge is -2.20. The first-order valence-corrected chi connectivity index (χ1v) is 7.02. The van der Waals surface area contributed by atoms with E-state index in [1.807, 2.05) is 0 Å². The highest BCUT2D eigenvalue weighted by atomic mass is 16.1. The van der Waals surface area contributed by atoms with Crippen molar-refractivity contribution in [2.24, 2.45) is 0 Å². The monoisotopic (exact) mass is 256 g/mol. The summed E-state index contributed by atoms with van der Waals surface area (Å²) >= 11 is 0. The van der Waals surface area contributed by atoms with Gasteiger partial charge < -0.3 is 0 Å². The van der Waals surface area contributed by atoms with Crippen molar-refractivity contribution in [3.63, 3.8) is 0 Å².